The van der Waals surface area contributed by atoms with Crippen LogP contribution in [0.5, 0.6) is 0 Å². The molecule has 0 aromatic heterocycles. The Morgan fingerprint density at radius 2 is 1.92 bits per heavy atom. The second-order valence-corrected chi connectivity index (χ2v) is 3.42. The molecule has 13 heavy (non-hydrogen) atoms. The van der Waals surface area contributed by atoms with Crippen molar-refractivity contribution >= 4 is 18.5 Å². The van der Waals surface area contributed by atoms with Gasteiger partial charge < -0.3 is 17.9 Å². The van der Waals surface area contributed by atoms with Crippen molar-refractivity contribution in [3.05, 3.63) is 11.5 Å². The SMILES string of the molecule is O=C(C=C[S-])NC1CCCCC1.[Ag+]. The topological polar surface area (TPSA) is 29.1 Å². The molecule has 1 amide bonds. The summed E-state index contributed by atoms with van der Waals surface area (Å²) >= 11 is 4.55. The van der Waals surface area contributed by atoms with Crippen LogP contribution in [0.1, 0.15) is 32.1 Å². The van der Waals surface area contributed by atoms with E-state index < -0.39 is 0 Å². The third kappa shape index (κ3) is 5.47. The van der Waals surface area contributed by atoms with Crippen LogP contribution in [0.15, 0.2) is 11.5 Å². The van der Waals surface area contributed by atoms with Crippen LogP contribution in [-0.2, 0) is 39.8 Å². The Balaban J connectivity index is 0.00000144. The Labute approximate surface area is 100 Å². The van der Waals surface area contributed by atoms with E-state index in [0.29, 0.717) is 6.04 Å². The first-order valence-electron chi connectivity index (χ1n) is 4.42. The number of carbonyl (C=O) groups is 1. The number of amides is 1. The molecule has 0 bridgehead atoms. The van der Waals surface area contributed by atoms with E-state index in [4.69, 9.17) is 0 Å². The van der Waals surface area contributed by atoms with E-state index in [2.05, 4.69) is 17.9 Å². The molecule has 78 valence electrons. The Hall–Kier alpha value is 0.170. The molecule has 0 unspecified atom stereocenters. The Kier molecular flexibility index (Phi) is 7.66. The summed E-state index contributed by atoms with van der Waals surface area (Å²) in [6, 6.07) is 0.387. The van der Waals surface area contributed by atoms with Crippen LogP contribution < -0.4 is 5.32 Å². The summed E-state index contributed by atoms with van der Waals surface area (Å²) in [5, 5.41) is 4.29. The van der Waals surface area contributed by atoms with Crippen LogP contribution in [0.2, 0.25) is 0 Å². The van der Waals surface area contributed by atoms with Crippen molar-refractivity contribution in [3.8, 4) is 0 Å². The first-order valence-corrected chi connectivity index (χ1v) is 4.89. The molecule has 0 atom stereocenters. The average Bonchev–Trinajstić information content (AvgIpc) is 2.06. The van der Waals surface area contributed by atoms with Crippen LogP contribution in [0.4, 0.5) is 0 Å². The van der Waals surface area contributed by atoms with Crippen molar-refractivity contribution in [1.82, 2.24) is 5.32 Å². The van der Waals surface area contributed by atoms with E-state index in [0.717, 1.165) is 12.8 Å². The molecule has 0 heterocycles. The van der Waals surface area contributed by atoms with Crippen LogP contribution in [0.25, 0.3) is 0 Å². The van der Waals surface area contributed by atoms with Gasteiger partial charge in [-0.1, -0.05) is 19.3 Å². The van der Waals surface area contributed by atoms with Crippen molar-refractivity contribution in [2.75, 3.05) is 0 Å². The van der Waals surface area contributed by atoms with Gasteiger partial charge in [0.25, 0.3) is 0 Å². The second kappa shape index (κ2) is 7.56. The van der Waals surface area contributed by atoms with E-state index >= 15 is 0 Å². The smallest absolute Gasteiger partial charge is 0.787 e. The van der Waals surface area contributed by atoms with E-state index in [1.807, 2.05) is 0 Å². The summed E-state index contributed by atoms with van der Waals surface area (Å²) in [7, 11) is 0. The van der Waals surface area contributed by atoms with Gasteiger partial charge in [-0.2, -0.15) is 0 Å². The number of hydrogen-bond donors (Lipinski definition) is 1. The van der Waals surface area contributed by atoms with Crippen molar-refractivity contribution in [2.45, 2.75) is 38.1 Å². The zero-order valence-electron chi connectivity index (χ0n) is 7.39. The van der Waals surface area contributed by atoms with Crippen molar-refractivity contribution in [1.29, 1.82) is 0 Å². The molecule has 0 saturated heterocycles. The molecule has 2 nitrogen and oxygen atoms in total. The average molecular weight is 292 g/mol. The maximum absolute atomic E-state index is 11.0. The molecule has 0 radical (unpaired) electrons. The maximum atomic E-state index is 11.0. The molecule has 1 aliphatic rings. The number of nitrogens with one attached hydrogen (secondary N) is 1. The van der Waals surface area contributed by atoms with Gasteiger partial charge in [-0.3, -0.25) is 4.79 Å². The van der Waals surface area contributed by atoms with Crippen LogP contribution in [0, 0.1) is 0 Å². The molecule has 4 heteroatoms. The molecular weight excluding hydrogens is 278 g/mol. The minimum atomic E-state index is -0.0445. The van der Waals surface area contributed by atoms with Crippen molar-refractivity contribution in [3.63, 3.8) is 0 Å². The van der Waals surface area contributed by atoms with Gasteiger partial charge in [0.2, 0.25) is 5.91 Å². The summed E-state index contributed by atoms with van der Waals surface area (Å²) in [6.07, 6.45) is 7.44. The van der Waals surface area contributed by atoms with Gasteiger partial charge in [0.05, 0.1) is 0 Å². The van der Waals surface area contributed by atoms with Crippen molar-refractivity contribution < 1.29 is 27.2 Å². The summed E-state index contributed by atoms with van der Waals surface area (Å²) < 4.78 is 0. The van der Waals surface area contributed by atoms with E-state index in [9.17, 15) is 4.79 Å². The second-order valence-electron chi connectivity index (χ2n) is 3.15. The predicted molar refractivity (Wildman–Crippen MR) is 51.5 cm³/mol. The van der Waals surface area contributed by atoms with Gasteiger partial charge >= 0.3 is 22.4 Å². The molecule has 0 aromatic rings. The number of carbonyl (C=O) groups excluding carboxylic acids is 1. The molecule has 0 aromatic carbocycles. The molecule has 1 fully saturated rings. The molecular formula is C9H14AgNOS. The number of rotatable bonds is 2. The Morgan fingerprint density at radius 1 is 1.31 bits per heavy atom. The standard InChI is InChI=1S/C9H15NOS.Ag/c11-9(6-7-12)10-8-4-2-1-3-5-8;/h6-8,12H,1-5H2,(H,10,11);/q;+1/p-1. The van der Waals surface area contributed by atoms with E-state index in [1.54, 1.807) is 0 Å². The van der Waals surface area contributed by atoms with Crippen LogP contribution >= 0.6 is 0 Å². The van der Waals surface area contributed by atoms with Gasteiger partial charge in [0, 0.05) is 6.04 Å². The fourth-order valence-corrected chi connectivity index (χ4v) is 1.68. The van der Waals surface area contributed by atoms with Crippen molar-refractivity contribution in [2.24, 2.45) is 0 Å². The van der Waals surface area contributed by atoms with Gasteiger partial charge in [-0.05, 0) is 18.9 Å². The Bertz CT molecular complexity index is 178. The summed E-state index contributed by atoms with van der Waals surface area (Å²) in [6.45, 7) is 0. The van der Waals surface area contributed by atoms with E-state index in [-0.39, 0.29) is 28.3 Å². The van der Waals surface area contributed by atoms with Gasteiger partial charge in [-0.15, -0.1) is 0 Å². The summed E-state index contributed by atoms with van der Waals surface area (Å²) in [5.74, 6) is -0.0445. The molecule has 1 saturated carbocycles. The molecule has 1 rings (SSSR count). The summed E-state index contributed by atoms with van der Waals surface area (Å²) in [5.41, 5.74) is 0. The Morgan fingerprint density at radius 3 is 2.46 bits per heavy atom. The monoisotopic (exact) mass is 291 g/mol. The quantitative estimate of drug-likeness (QED) is 0.475. The van der Waals surface area contributed by atoms with Gasteiger partial charge in [0.15, 0.2) is 0 Å². The third-order valence-electron chi connectivity index (χ3n) is 2.17. The molecule has 1 aliphatic carbocycles. The van der Waals surface area contributed by atoms with Gasteiger partial charge in [-0.25, -0.2) is 5.41 Å². The normalized spacial score (nSPS) is 18.2. The first-order chi connectivity index (χ1) is 5.83. The van der Waals surface area contributed by atoms with Gasteiger partial charge in [0.1, 0.15) is 0 Å². The number of hydrogen-bond acceptors (Lipinski definition) is 2. The van der Waals surface area contributed by atoms with E-state index in [1.165, 1.54) is 30.7 Å². The van der Waals surface area contributed by atoms with Crippen LogP contribution in [-0.4, -0.2) is 11.9 Å². The maximum Gasteiger partial charge on any atom is 1.00 e. The minimum Gasteiger partial charge on any atom is -0.787 e. The predicted octanol–water partition coefficient (Wildman–Crippen LogP) is 1.49. The first kappa shape index (κ1) is 13.2. The zero-order valence-corrected chi connectivity index (χ0v) is 9.68. The summed E-state index contributed by atoms with van der Waals surface area (Å²) in [4.78, 5) is 11.0. The molecule has 1 N–H and O–H groups in total. The fourth-order valence-electron chi connectivity index (χ4n) is 1.56. The fraction of sp³-hybridized carbons (Fsp3) is 0.667. The van der Waals surface area contributed by atoms with Crippen LogP contribution in [0.3, 0.4) is 0 Å². The third-order valence-corrected chi connectivity index (χ3v) is 2.31. The molecule has 0 spiro atoms. The molecule has 0 aliphatic heterocycles. The zero-order chi connectivity index (χ0) is 8.81. The largest absolute Gasteiger partial charge is 1.00 e. The minimum absolute atomic E-state index is 0.